The van der Waals surface area contributed by atoms with Crippen LogP contribution in [0.1, 0.15) is 113 Å². The number of aliphatic carboxylic acids is 1. The summed E-state index contributed by atoms with van der Waals surface area (Å²) in [5, 5.41) is 10.5. The van der Waals surface area contributed by atoms with Crippen molar-refractivity contribution < 1.29 is 19.4 Å². The van der Waals surface area contributed by atoms with E-state index >= 15 is 0 Å². The van der Waals surface area contributed by atoms with E-state index in [1.165, 1.54) is 29.6 Å². The first kappa shape index (κ1) is 26.0. The van der Waals surface area contributed by atoms with Gasteiger partial charge in [-0.15, -0.1) is 0 Å². The lowest BCUT2D eigenvalue weighted by atomic mass is 9.32. The van der Waals surface area contributed by atoms with Crippen LogP contribution in [0.2, 0.25) is 0 Å². The summed E-state index contributed by atoms with van der Waals surface area (Å²) < 4.78 is 5.88. The third-order valence-electron chi connectivity index (χ3n) is 13.2. The average Bonchev–Trinajstić information content (AvgIpc) is 2.78. The zero-order valence-electron chi connectivity index (χ0n) is 23.9. The molecule has 4 fully saturated rings. The Bertz CT molecular complexity index is 1050. The zero-order valence-corrected chi connectivity index (χ0v) is 23.9. The van der Waals surface area contributed by atoms with Gasteiger partial charge in [0.15, 0.2) is 0 Å². The van der Waals surface area contributed by atoms with Gasteiger partial charge in [0, 0.05) is 12.3 Å². The van der Waals surface area contributed by atoms with Gasteiger partial charge in [-0.25, -0.2) is 0 Å². The second-order valence-corrected chi connectivity index (χ2v) is 14.6. The maximum Gasteiger partial charge on any atom is 0.314 e. The summed E-state index contributed by atoms with van der Waals surface area (Å²) in [5.41, 5.74) is 3.56. The quantitative estimate of drug-likeness (QED) is 0.397. The molecule has 36 heavy (non-hydrogen) atoms. The normalized spacial score (nSPS) is 47.5. The van der Waals surface area contributed by atoms with Gasteiger partial charge >= 0.3 is 11.9 Å². The van der Waals surface area contributed by atoms with Crippen LogP contribution >= 0.6 is 0 Å². The second kappa shape index (κ2) is 7.96. The van der Waals surface area contributed by atoms with Crippen molar-refractivity contribution in [2.75, 3.05) is 0 Å². The SMILES string of the molecule is CC(=O)O[C@@H]1CC[C@@]2(C)[C@H](CC[C@]3(C)[C@@H]2CC[C@@H]2C4=C(C)C(C)=CC[C@]4(C(=O)O)CC[C@]23C)C1(C)C. The molecule has 1 N–H and O–H groups in total. The van der Waals surface area contributed by atoms with E-state index in [0.29, 0.717) is 24.2 Å². The Morgan fingerprint density at radius 2 is 1.58 bits per heavy atom. The topological polar surface area (TPSA) is 63.6 Å². The van der Waals surface area contributed by atoms with Crippen LogP contribution in [0, 0.1) is 44.8 Å². The van der Waals surface area contributed by atoms with Crippen LogP contribution in [0.5, 0.6) is 0 Å². The van der Waals surface area contributed by atoms with E-state index in [9.17, 15) is 14.7 Å². The molecule has 0 amide bonds. The van der Waals surface area contributed by atoms with Crippen molar-refractivity contribution in [1.82, 2.24) is 0 Å². The Balaban J connectivity index is 1.55. The van der Waals surface area contributed by atoms with E-state index in [-0.39, 0.29) is 33.7 Å². The fourth-order valence-electron chi connectivity index (χ4n) is 11.0. The third kappa shape index (κ3) is 3.11. The number of carboxylic acids is 1. The number of hydrogen-bond acceptors (Lipinski definition) is 3. The molecular formula is C32H48O4. The number of rotatable bonds is 2. The molecule has 200 valence electrons. The Kier molecular flexibility index (Phi) is 5.76. The van der Waals surface area contributed by atoms with Gasteiger partial charge in [0.25, 0.3) is 0 Å². The summed E-state index contributed by atoms with van der Waals surface area (Å²) in [7, 11) is 0. The molecule has 0 radical (unpaired) electrons. The Morgan fingerprint density at radius 3 is 2.22 bits per heavy atom. The highest BCUT2D eigenvalue weighted by atomic mass is 16.5. The summed E-state index contributed by atoms with van der Waals surface area (Å²) in [6.07, 6.45) is 11.3. The van der Waals surface area contributed by atoms with Crippen molar-refractivity contribution >= 4 is 11.9 Å². The Morgan fingerprint density at radius 1 is 0.889 bits per heavy atom. The first-order valence-corrected chi connectivity index (χ1v) is 14.4. The van der Waals surface area contributed by atoms with Crippen molar-refractivity contribution in [3.63, 3.8) is 0 Å². The van der Waals surface area contributed by atoms with Gasteiger partial charge in [0.05, 0.1) is 5.41 Å². The van der Waals surface area contributed by atoms with E-state index in [2.05, 4.69) is 54.5 Å². The molecule has 4 nitrogen and oxygen atoms in total. The molecular weight excluding hydrogens is 448 g/mol. The first-order valence-electron chi connectivity index (χ1n) is 14.4. The van der Waals surface area contributed by atoms with Gasteiger partial charge in [-0.3, -0.25) is 9.59 Å². The van der Waals surface area contributed by atoms with Crippen LogP contribution in [0.4, 0.5) is 0 Å². The van der Waals surface area contributed by atoms with Crippen LogP contribution in [0.15, 0.2) is 22.8 Å². The molecule has 0 aromatic rings. The van der Waals surface area contributed by atoms with Gasteiger partial charge in [-0.05, 0) is 117 Å². The van der Waals surface area contributed by atoms with E-state index in [1.54, 1.807) is 6.92 Å². The molecule has 8 atom stereocenters. The van der Waals surface area contributed by atoms with Gasteiger partial charge in [0.1, 0.15) is 6.10 Å². The molecule has 0 unspecified atom stereocenters. The van der Waals surface area contributed by atoms with Crippen LogP contribution in [0.3, 0.4) is 0 Å². The van der Waals surface area contributed by atoms with Gasteiger partial charge in [-0.2, -0.15) is 0 Å². The standard InChI is InChI=1S/C32H48O4/c1-19-11-16-32(27(34)35)18-17-30(7)22(26(32)20(19)2)9-10-24-29(6)14-13-25(36-21(3)33)28(4,5)23(29)12-15-31(24,30)8/h11,22-25H,9-10,12-18H2,1-8H3,(H,34,35)/t22-,23-,24-,25-,29+,30-,31-,32+/m1/s1. The first-order chi connectivity index (χ1) is 16.6. The van der Waals surface area contributed by atoms with Gasteiger partial charge in [0.2, 0.25) is 0 Å². The van der Waals surface area contributed by atoms with Crippen LogP contribution in [0.25, 0.3) is 0 Å². The predicted molar refractivity (Wildman–Crippen MR) is 142 cm³/mol. The number of allylic oxidation sites excluding steroid dienone is 3. The number of carbonyl (C=O) groups is 2. The van der Waals surface area contributed by atoms with E-state index in [1.807, 2.05) is 0 Å². The number of hydrogen-bond donors (Lipinski definition) is 1. The number of carboxylic acid groups (broad SMARTS) is 1. The highest BCUT2D eigenvalue weighted by molar-refractivity contribution is 5.81. The Hall–Kier alpha value is -1.58. The van der Waals surface area contributed by atoms with E-state index < -0.39 is 11.4 Å². The van der Waals surface area contributed by atoms with Gasteiger partial charge < -0.3 is 9.84 Å². The molecule has 5 aliphatic carbocycles. The predicted octanol–water partition coefficient (Wildman–Crippen LogP) is 7.72. The lowest BCUT2D eigenvalue weighted by Gasteiger charge is -2.72. The van der Waals surface area contributed by atoms with Gasteiger partial charge in [-0.1, -0.05) is 46.3 Å². The summed E-state index contributed by atoms with van der Waals surface area (Å²) in [6.45, 7) is 18.2. The molecule has 0 saturated heterocycles. The molecule has 5 rings (SSSR count). The van der Waals surface area contributed by atoms with Crippen LogP contribution in [-0.4, -0.2) is 23.1 Å². The fraction of sp³-hybridized carbons (Fsp3) is 0.812. The minimum Gasteiger partial charge on any atom is -0.481 e. The van der Waals surface area contributed by atoms with E-state index in [0.717, 1.165) is 38.5 Å². The summed E-state index contributed by atoms with van der Waals surface area (Å²) in [5.74, 6) is 0.716. The number of carbonyl (C=O) groups excluding carboxylic acids is 1. The molecule has 4 saturated carbocycles. The second-order valence-electron chi connectivity index (χ2n) is 14.6. The van der Waals surface area contributed by atoms with Crippen molar-refractivity contribution in [2.45, 2.75) is 119 Å². The third-order valence-corrected chi connectivity index (χ3v) is 13.2. The Labute approximate surface area is 218 Å². The summed E-state index contributed by atoms with van der Waals surface area (Å²) >= 11 is 0. The smallest absolute Gasteiger partial charge is 0.314 e. The number of ether oxygens (including phenoxy) is 1. The molecule has 0 aromatic heterocycles. The summed E-state index contributed by atoms with van der Waals surface area (Å²) in [4.78, 5) is 24.7. The van der Waals surface area contributed by atoms with Crippen LogP contribution < -0.4 is 0 Å². The minimum atomic E-state index is -0.706. The summed E-state index contributed by atoms with van der Waals surface area (Å²) in [6, 6.07) is 0. The largest absolute Gasteiger partial charge is 0.481 e. The van der Waals surface area contributed by atoms with E-state index in [4.69, 9.17) is 4.74 Å². The molecule has 0 heterocycles. The molecule has 4 heteroatoms. The lowest BCUT2D eigenvalue weighted by Crippen LogP contribution is -2.66. The zero-order chi connectivity index (χ0) is 26.5. The molecule has 0 aromatic carbocycles. The molecule has 0 spiro atoms. The molecule has 5 aliphatic rings. The monoisotopic (exact) mass is 496 g/mol. The lowest BCUT2D eigenvalue weighted by molar-refractivity contribution is -0.233. The fourth-order valence-corrected chi connectivity index (χ4v) is 11.0. The maximum atomic E-state index is 12.8. The van der Waals surface area contributed by atoms with Crippen LogP contribution in [-0.2, 0) is 14.3 Å². The number of fused-ring (bicyclic) bond motifs is 7. The molecule has 0 bridgehead atoms. The molecule has 0 aliphatic heterocycles. The van der Waals surface area contributed by atoms with Crippen molar-refractivity contribution in [1.29, 1.82) is 0 Å². The van der Waals surface area contributed by atoms with Crippen molar-refractivity contribution in [2.24, 2.45) is 44.8 Å². The maximum absolute atomic E-state index is 12.8. The average molecular weight is 497 g/mol. The minimum absolute atomic E-state index is 0.0000248. The highest BCUT2D eigenvalue weighted by Gasteiger charge is 2.70. The van der Waals surface area contributed by atoms with Crippen molar-refractivity contribution in [3.05, 3.63) is 22.8 Å². The number of esters is 1. The van der Waals surface area contributed by atoms with Crippen molar-refractivity contribution in [3.8, 4) is 0 Å². The highest BCUT2D eigenvalue weighted by Crippen LogP contribution is 2.76.